The summed E-state index contributed by atoms with van der Waals surface area (Å²) < 4.78 is 0. The Morgan fingerprint density at radius 1 is 1.25 bits per heavy atom. The highest BCUT2D eigenvalue weighted by atomic mass is 15.3. The van der Waals surface area contributed by atoms with Crippen LogP contribution in [0.25, 0.3) is 0 Å². The minimum atomic E-state index is 0.289. The Labute approximate surface area is 119 Å². The van der Waals surface area contributed by atoms with E-state index < -0.39 is 0 Å². The number of nitrogens with one attached hydrogen (secondary N) is 1. The highest BCUT2D eigenvalue weighted by molar-refractivity contribution is 5.42. The average molecular weight is 268 g/mol. The summed E-state index contributed by atoms with van der Waals surface area (Å²) in [4.78, 5) is 9.32. The first-order valence-corrected chi connectivity index (χ1v) is 7.12. The topological polar surface area (TPSA) is 63.8 Å². The molecule has 20 heavy (non-hydrogen) atoms. The third-order valence-electron chi connectivity index (χ3n) is 3.95. The summed E-state index contributed by atoms with van der Waals surface area (Å²) in [5.41, 5.74) is 6.47. The molecule has 4 heteroatoms. The van der Waals surface area contributed by atoms with Crippen LogP contribution >= 0.6 is 0 Å². The number of nitrogens with zero attached hydrogens (tertiary/aromatic N) is 2. The summed E-state index contributed by atoms with van der Waals surface area (Å²) in [6, 6.07) is 10.5. The normalized spacial score (nSPS) is 17.3. The summed E-state index contributed by atoms with van der Waals surface area (Å²) >= 11 is 0. The van der Waals surface area contributed by atoms with Gasteiger partial charge in [0, 0.05) is 17.7 Å². The van der Waals surface area contributed by atoms with E-state index in [1.807, 2.05) is 6.07 Å². The van der Waals surface area contributed by atoms with Crippen LogP contribution in [0.2, 0.25) is 0 Å². The zero-order valence-electron chi connectivity index (χ0n) is 11.9. The van der Waals surface area contributed by atoms with Crippen LogP contribution in [0.1, 0.15) is 54.7 Å². The predicted molar refractivity (Wildman–Crippen MR) is 80.5 cm³/mol. The number of anilines is 1. The van der Waals surface area contributed by atoms with Gasteiger partial charge in [-0.2, -0.15) is 0 Å². The van der Waals surface area contributed by atoms with E-state index in [9.17, 15) is 0 Å². The van der Waals surface area contributed by atoms with Crippen LogP contribution in [0.4, 0.5) is 5.82 Å². The number of aryl methyl sites for hydroxylation is 1. The van der Waals surface area contributed by atoms with E-state index in [-0.39, 0.29) is 5.92 Å². The average Bonchev–Trinajstić information content (AvgIpc) is 2.90. The van der Waals surface area contributed by atoms with Crippen LogP contribution < -0.4 is 11.3 Å². The van der Waals surface area contributed by atoms with Crippen molar-refractivity contribution in [3.63, 3.8) is 0 Å². The molecule has 0 radical (unpaired) electrons. The molecule has 1 aromatic carbocycles. The molecular formula is C16H20N4. The molecule has 1 aliphatic rings. The summed E-state index contributed by atoms with van der Waals surface area (Å²) in [6.07, 6.45) is 2.17. The van der Waals surface area contributed by atoms with Crippen LogP contribution in [0, 0.1) is 0 Å². The lowest BCUT2D eigenvalue weighted by molar-refractivity contribution is 0.704. The molecular weight excluding hydrogens is 248 g/mol. The smallest absolute Gasteiger partial charge is 0.143 e. The Morgan fingerprint density at radius 2 is 2.05 bits per heavy atom. The second-order valence-electron chi connectivity index (χ2n) is 5.63. The van der Waals surface area contributed by atoms with Crippen molar-refractivity contribution in [2.45, 2.75) is 38.5 Å². The largest absolute Gasteiger partial charge is 0.308 e. The van der Waals surface area contributed by atoms with Gasteiger partial charge in [0.15, 0.2) is 0 Å². The number of hydrazine groups is 1. The Balaban J connectivity index is 2.05. The van der Waals surface area contributed by atoms with E-state index in [0.717, 1.165) is 24.4 Å². The van der Waals surface area contributed by atoms with Crippen molar-refractivity contribution in [3.05, 3.63) is 53.0 Å². The molecule has 0 aliphatic heterocycles. The molecule has 4 nitrogen and oxygen atoms in total. The Bertz CT molecular complexity index is 622. The number of fused-ring (bicyclic) bond motifs is 1. The number of hydrogen-bond donors (Lipinski definition) is 2. The molecule has 0 saturated heterocycles. The van der Waals surface area contributed by atoms with Crippen molar-refractivity contribution in [2.75, 3.05) is 5.43 Å². The molecule has 1 aliphatic carbocycles. The van der Waals surface area contributed by atoms with E-state index in [2.05, 4.69) is 48.5 Å². The predicted octanol–water partition coefficient (Wildman–Crippen LogP) is 2.96. The minimum absolute atomic E-state index is 0.289. The van der Waals surface area contributed by atoms with Gasteiger partial charge in [0.2, 0.25) is 0 Å². The molecule has 0 saturated carbocycles. The lowest BCUT2D eigenvalue weighted by atomic mass is 10.00. The van der Waals surface area contributed by atoms with Crippen molar-refractivity contribution in [3.8, 4) is 0 Å². The standard InChI is InChI=1S/C16H20N4/c1-10(2)14-9-15(20-17)19-16(18-14)13-8-7-11-5-3-4-6-12(11)13/h3-6,9-10,13H,7-8,17H2,1-2H3,(H,18,19,20). The molecule has 0 fully saturated rings. The SMILES string of the molecule is CC(C)c1cc(NN)nc(C2CCc3ccccc32)n1. The monoisotopic (exact) mass is 268 g/mol. The maximum absolute atomic E-state index is 5.54. The molecule has 0 amide bonds. The van der Waals surface area contributed by atoms with Gasteiger partial charge in [0.1, 0.15) is 11.6 Å². The van der Waals surface area contributed by atoms with E-state index in [1.54, 1.807) is 0 Å². The van der Waals surface area contributed by atoms with Gasteiger partial charge in [-0.05, 0) is 29.9 Å². The fourth-order valence-electron chi connectivity index (χ4n) is 2.84. The van der Waals surface area contributed by atoms with E-state index >= 15 is 0 Å². The molecule has 1 unspecified atom stereocenters. The van der Waals surface area contributed by atoms with Crippen molar-refractivity contribution in [2.24, 2.45) is 5.84 Å². The van der Waals surface area contributed by atoms with Gasteiger partial charge in [-0.15, -0.1) is 0 Å². The van der Waals surface area contributed by atoms with Crippen molar-refractivity contribution >= 4 is 5.82 Å². The molecule has 0 bridgehead atoms. The third kappa shape index (κ3) is 2.27. The van der Waals surface area contributed by atoms with Gasteiger partial charge >= 0.3 is 0 Å². The Kier molecular flexibility index (Phi) is 3.40. The molecule has 3 rings (SSSR count). The van der Waals surface area contributed by atoms with Crippen LogP contribution in [0.5, 0.6) is 0 Å². The van der Waals surface area contributed by atoms with Gasteiger partial charge in [-0.25, -0.2) is 15.8 Å². The number of nitrogen functional groups attached to an aromatic ring is 1. The summed E-state index contributed by atoms with van der Waals surface area (Å²) in [6.45, 7) is 4.27. The van der Waals surface area contributed by atoms with Gasteiger partial charge in [-0.1, -0.05) is 38.1 Å². The Morgan fingerprint density at radius 3 is 2.80 bits per heavy atom. The molecule has 1 atom stereocenters. The molecule has 104 valence electrons. The number of rotatable bonds is 3. The van der Waals surface area contributed by atoms with E-state index in [0.29, 0.717) is 11.7 Å². The maximum Gasteiger partial charge on any atom is 0.143 e. The Hall–Kier alpha value is -1.94. The molecule has 1 aromatic heterocycles. The fourth-order valence-corrected chi connectivity index (χ4v) is 2.84. The zero-order valence-corrected chi connectivity index (χ0v) is 11.9. The number of aromatic nitrogens is 2. The van der Waals surface area contributed by atoms with Gasteiger partial charge in [0.25, 0.3) is 0 Å². The second-order valence-corrected chi connectivity index (χ2v) is 5.63. The second kappa shape index (κ2) is 5.21. The van der Waals surface area contributed by atoms with Gasteiger partial charge in [-0.3, -0.25) is 0 Å². The highest BCUT2D eigenvalue weighted by Gasteiger charge is 2.26. The summed E-state index contributed by atoms with van der Waals surface area (Å²) in [5, 5.41) is 0. The van der Waals surface area contributed by atoms with Crippen LogP contribution in [-0.2, 0) is 6.42 Å². The molecule has 3 N–H and O–H groups in total. The number of benzene rings is 1. The van der Waals surface area contributed by atoms with E-state index in [1.165, 1.54) is 11.1 Å². The molecule has 1 heterocycles. The fraction of sp³-hybridized carbons (Fsp3) is 0.375. The van der Waals surface area contributed by atoms with Crippen molar-refractivity contribution in [1.29, 1.82) is 0 Å². The quantitative estimate of drug-likeness (QED) is 0.663. The lowest BCUT2D eigenvalue weighted by Crippen LogP contribution is -2.14. The molecule has 2 aromatic rings. The van der Waals surface area contributed by atoms with Crippen LogP contribution in [0.15, 0.2) is 30.3 Å². The minimum Gasteiger partial charge on any atom is -0.308 e. The first-order valence-electron chi connectivity index (χ1n) is 7.12. The van der Waals surface area contributed by atoms with E-state index in [4.69, 9.17) is 10.8 Å². The van der Waals surface area contributed by atoms with Gasteiger partial charge in [0.05, 0.1) is 0 Å². The third-order valence-corrected chi connectivity index (χ3v) is 3.95. The highest BCUT2D eigenvalue weighted by Crippen LogP contribution is 2.37. The summed E-state index contributed by atoms with van der Waals surface area (Å²) in [5.74, 6) is 7.77. The van der Waals surface area contributed by atoms with Crippen LogP contribution in [0.3, 0.4) is 0 Å². The summed E-state index contributed by atoms with van der Waals surface area (Å²) in [7, 11) is 0. The maximum atomic E-state index is 5.54. The number of hydrogen-bond acceptors (Lipinski definition) is 4. The van der Waals surface area contributed by atoms with Crippen molar-refractivity contribution in [1.82, 2.24) is 9.97 Å². The zero-order chi connectivity index (χ0) is 14.1. The molecule has 0 spiro atoms. The first-order chi connectivity index (χ1) is 9.69. The first kappa shape index (κ1) is 13.1. The number of nitrogens with two attached hydrogens (primary N) is 1. The van der Waals surface area contributed by atoms with Crippen LogP contribution in [-0.4, -0.2) is 9.97 Å². The lowest BCUT2D eigenvalue weighted by Gasteiger charge is -2.14. The van der Waals surface area contributed by atoms with Gasteiger partial charge < -0.3 is 5.43 Å². The van der Waals surface area contributed by atoms with Crippen molar-refractivity contribution < 1.29 is 0 Å².